The van der Waals surface area contributed by atoms with Gasteiger partial charge in [-0.3, -0.25) is 9.59 Å². The van der Waals surface area contributed by atoms with E-state index in [2.05, 4.69) is 17.0 Å². The summed E-state index contributed by atoms with van der Waals surface area (Å²) in [5, 5.41) is 0. The van der Waals surface area contributed by atoms with E-state index in [1.807, 2.05) is 46.2 Å². The van der Waals surface area contributed by atoms with Crippen molar-refractivity contribution in [2.75, 3.05) is 44.2 Å². The molecule has 0 unspecified atom stereocenters. The molecule has 2 saturated heterocycles. The normalized spacial score (nSPS) is 19.4. The van der Waals surface area contributed by atoms with E-state index < -0.39 is 0 Å². The minimum Gasteiger partial charge on any atom is -0.494 e. The molecule has 7 nitrogen and oxygen atoms in total. The summed E-state index contributed by atoms with van der Waals surface area (Å²) in [5.41, 5.74) is 8.97. The molecule has 0 radical (unpaired) electrons. The number of carbonyl (C=O) groups is 2. The molecule has 0 aliphatic carbocycles. The van der Waals surface area contributed by atoms with E-state index in [0.29, 0.717) is 37.7 Å². The first-order chi connectivity index (χ1) is 18.6. The number of piperidine rings is 2. The molecule has 2 N–H and O–H groups in total. The van der Waals surface area contributed by atoms with Gasteiger partial charge < -0.3 is 25.2 Å². The van der Waals surface area contributed by atoms with Crippen molar-refractivity contribution in [1.82, 2.24) is 9.80 Å². The molecule has 3 aliphatic rings. The van der Waals surface area contributed by atoms with Crippen LogP contribution >= 0.6 is 0 Å². The molecule has 7 heteroatoms. The summed E-state index contributed by atoms with van der Waals surface area (Å²) < 4.78 is 5.92. The number of unbranched alkanes of at least 4 members (excludes halogenated alkanes) is 2. The molecule has 0 saturated carbocycles. The second kappa shape index (κ2) is 12.8. The molecule has 0 spiro atoms. The number of nitrogens with zero attached hydrogens (tertiary/aromatic N) is 3. The van der Waals surface area contributed by atoms with Crippen molar-refractivity contribution in [3.63, 3.8) is 0 Å². The highest BCUT2D eigenvalue weighted by atomic mass is 16.5. The smallest absolute Gasteiger partial charge is 0.253 e. The van der Waals surface area contributed by atoms with Gasteiger partial charge in [-0.15, -0.1) is 0 Å². The van der Waals surface area contributed by atoms with Gasteiger partial charge in [-0.1, -0.05) is 18.2 Å². The first-order valence-electron chi connectivity index (χ1n) is 14.5. The van der Waals surface area contributed by atoms with Crippen molar-refractivity contribution >= 4 is 17.5 Å². The predicted octanol–water partition coefficient (Wildman–Crippen LogP) is 4.24. The highest BCUT2D eigenvalue weighted by molar-refractivity contribution is 5.97. The third-order valence-electron chi connectivity index (χ3n) is 8.37. The highest BCUT2D eigenvalue weighted by Gasteiger charge is 2.33. The van der Waals surface area contributed by atoms with Crippen LogP contribution in [0.25, 0.3) is 0 Å². The van der Waals surface area contributed by atoms with Gasteiger partial charge in [0, 0.05) is 42.8 Å². The molecular formula is C31H42N4O3. The predicted molar refractivity (Wildman–Crippen MR) is 151 cm³/mol. The maximum Gasteiger partial charge on any atom is 0.253 e. The van der Waals surface area contributed by atoms with Crippen molar-refractivity contribution in [1.29, 1.82) is 0 Å². The van der Waals surface area contributed by atoms with Gasteiger partial charge in [0.1, 0.15) is 5.75 Å². The largest absolute Gasteiger partial charge is 0.494 e. The van der Waals surface area contributed by atoms with Crippen molar-refractivity contribution in [2.24, 2.45) is 5.73 Å². The molecule has 2 amide bonds. The zero-order chi connectivity index (χ0) is 26.3. The SMILES string of the molecule is NC1CCN(CCCCCOc2ccc(C(=O)N3CCC(N4C(=O)CCc5ccccc54)CC3)cc2)CC1. The molecule has 0 aromatic heterocycles. The van der Waals surface area contributed by atoms with Crippen LogP contribution in [0.1, 0.15) is 67.3 Å². The van der Waals surface area contributed by atoms with Gasteiger partial charge in [-0.2, -0.15) is 0 Å². The molecule has 3 aliphatic heterocycles. The standard InChI is InChI=1S/C31H42N4O3/c32-26-14-19-33(20-15-26)18-4-1-5-23-38-28-11-8-25(9-12-28)31(37)34-21-16-27(17-22-34)35-29-7-3-2-6-24(29)10-13-30(35)36/h2-3,6-9,11-12,26-27H,1,4-5,10,13-23,32H2. The Morgan fingerprint density at radius 1 is 0.868 bits per heavy atom. The first kappa shape index (κ1) is 26.7. The topological polar surface area (TPSA) is 79.1 Å². The molecule has 2 fully saturated rings. The molecule has 2 aromatic rings. The Balaban J connectivity index is 1.03. The second-order valence-corrected chi connectivity index (χ2v) is 11.0. The fourth-order valence-corrected chi connectivity index (χ4v) is 6.04. The van der Waals surface area contributed by atoms with Crippen LogP contribution in [0.4, 0.5) is 5.69 Å². The number of rotatable bonds is 9. The second-order valence-electron chi connectivity index (χ2n) is 11.0. The van der Waals surface area contributed by atoms with Crippen LogP contribution in [-0.4, -0.2) is 73.0 Å². The lowest BCUT2D eigenvalue weighted by molar-refractivity contribution is -0.119. The van der Waals surface area contributed by atoms with Crippen LogP contribution in [0.5, 0.6) is 5.75 Å². The maximum atomic E-state index is 13.1. The molecule has 2 aromatic carbocycles. The van der Waals surface area contributed by atoms with E-state index >= 15 is 0 Å². The van der Waals surface area contributed by atoms with Gasteiger partial charge >= 0.3 is 0 Å². The fourth-order valence-electron chi connectivity index (χ4n) is 6.04. The van der Waals surface area contributed by atoms with Gasteiger partial charge in [0.25, 0.3) is 5.91 Å². The van der Waals surface area contributed by atoms with Gasteiger partial charge in [0.2, 0.25) is 5.91 Å². The third-order valence-corrected chi connectivity index (χ3v) is 8.37. The Kier molecular flexibility index (Phi) is 8.97. The highest BCUT2D eigenvalue weighted by Crippen LogP contribution is 2.32. The minimum absolute atomic E-state index is 0.0547. The lowest BCUT2D eigenvalue weighted by Crippen LogP contribution is -2.50. The molecular weight excluding hydrogens is 476 g/mol. The van der Waals surface area contributed by atoms with Crippen molar-refractivity contribution in [3.05, 3.63) is 59.7 Å². The van der Waals surface area contributed by atoms with Crippen LogP contribution in [0.2, 0.25) is 0 Å². The quantitative estimate of drug-likeness (QED) is 0.503. The summed E-state index contributed by atoms with van der Waals surface area (Å²) in [6.45, 7) is 5.45. The van der Waals surface area contributed by atoms with E-state index in [0.717, 1.165) is 76.0 Å². The number of aryl methyl sites for hydroxylation is 1. The molecule has 5 rings (SSSR count). The Morgan fingerprint density at radius 2 is 1.61 bits per heavy atom. The number of nitrogens with two attached hydrogens (primary N) is 1. The Bertz CT molecular complexity index is 1070. The zero-order valence-corrected chi connectivity index (χ0v) is 22.5. The monoisotopic (exact) mass is 518 g/mol. The molecule has 38 heavy (non-hydrogen) atoms. The number of amides is 2. The van der Waals surface area contributed by atoms with Crippen molar-refractivity contribution in [2.45, 2.75) is 69.9 Å². The number of anilines is 1. The Labute approximate surface area is 226 Å². The summed E-state index contributed by atoms with van der Waals surface area (Å²) in [7, 11) is 0. The molecule has 0 atom stereocenters. The zero-order valence-electron chi connectivity index (χ0n) is 22.5. The van der Waals surface area contributed by atoms with E-state index in [4.69, 9.17) is 10.5 Å². The van der Waals surface area contributed by atoms with E-state index in [9.17, 15) is 9.59 Å². The summed E-state index contributed by atoms with van der Waals surface area (Å²) in [4.78, 5) is 32.3. The van der Waals surface area contributed by atoms with Crippen LogP contribution in [0.3, 0.4) is 0 Å². The maximum absolute atomic E-state index is 13.1. The summed E-state index contributed by atoms with van der Waals surface area (Å²) in [6, 6.07) is 16.3. The number of likely N-dealkylation sites (tertiary alicyclic amines) is 2. The van der Waals surface area contributed by atoms with Gasteiger partial charge in [0.05, 0.1) is 6.61 Å². The number of para-hydroxylation sites is 1. The summed E-state index contributed by atoms with van der Waals surface area (Å²) >= 11 is 0. The van der Waals surface area contributed by atoms with Crippen LogP contribution in [0, 0.1) is 0 Å². The summed E-state index contributed by atoms with van der Waals surface area (Å²) in [6.07, 6.45) is 8.62. The van der Waals surface area contributed by atoms with Gasteiger partial charge in [0.15, 0.2) is 0 Å². The average molecular weight is 519 g/mol. The number of benzene rings is 2. The van der Waals surface area contributed by atoms with Gasteiger partial charge in [-0.25, -0.2) is 0 Å². The lowest BCUT2D eigenvalue weighted by Gasteiger charge is -2.41. The summed E-state index contributed by atoms with van der Waals surface area (Å²) in [5.74, 6) is 1.07. The lowest BCUT2D eigenvalue weighted by atomic mass is 9.95. The minimum atomic E-state index is 0.0547. The van der Waals surface area contributed by atoms with Gasteiger partial charge in [-0.05, 0) is 107 Å². The van der Waals surface area contributed by atoms with Crippen molar-refractivity contribution in [3.8, 4) is 5.75 Å². The van der Waals surface area contributed by atoms with E-state index in [1.54, 1.807) is 0 Å². The van der Waals surface area contributed by atoms with Crippen molar-refractivity contribution < 1.29 is 14.3 Å². The Morgan fingerprint density at radius 3 is 2.37 bits per heavy atom. The number of hydrogen-bond acceptors (Lipinski definition) is 5. The first-order valence-corrected chi connectivity index (χ1v) is 14.5. The number of ether oxygens (including phenoxy) is 1. The Hall–Kier alpha value is -2.90. The van der Waals surface area contributed by atoms with E-state index in [-0.39, 0.29) is 17.9 Å². The molecule has 204 valence electrons. The fraction of sp³-hybridized carbons (Fsp3) is 0.548. The average Bonchev–Trinajstić information content (AvgIpc) is 2.96. The van der Waals surface area contributed by atoms with Crippen LogP contribution in [0.15, 0.2) is 48.5 Å². The number of hydrogen-bond donors (Lipinski definition) is 1. The molecule has 0 bridgehead atoms. The number of fused-ring (bicyclic) bond motifs is 1. The molecule has 3 heterocycles. The third kappa shape index (κ3) is 6.56. The van der Waals surface area contributed by atoms with Crippen LogP contribution < -0.4 is 15.4 Å². The van der Waals surface area contributed by atoms with E-state index in [1.165, 1.54) is 12.0 Å². The number of carbonyl (C=O) groups excluding carboxylic acids is 2. The van der Waals surface area contributed by atoms with Crippen LogP contribution in [-0.2, 0) is 11.2 Å².